The van der Waals surface area contributed by atoms with Crippen LogP contribution in [0.4, 0.5) is 0 Å². The lowest BCUT2D eigenvalue weighted by Gasteiger charge is -2.42. The van der Waals surface area contributed by atoms with Crippen LogP contribution in [0.5, 0.6) is 0 Å². The summed E-state index contributed by atoms with van der Waals surface area (Å²) in [4.78, 5) is 26.9. The summed E-state index contributed by atoms with van der Waals surface area (Å²) in [5.41, 5.74) is 10.1. The molecule has 3 aromatic heterocycles. The van der Waals surface area contributed by atoms with Crippen LogP contribution in [-0.4, -0.2) is 49.3 Å². The normalized spacial score (nSPS) is 16.0. The first-order chi connectivity index (χ1) is 15.2. The fraction of sp³-hybridized carbons (Fsp3) is 0.292. The van der Waals surface area contributed by atoms with E-state index in [1.165, 1.54) is 5.56 Å². The lowest BCUT2D eigenvalue weighted by molar-refractivity contribution is -0.134. The number of piperidine rings is 1. The molecule has 33 heavy (non-hydrogen) atoms. The monoisotopic (exact) mass is 486 g/mol. The van der Waals surface area contributed by atoms with E-state index in [9.17, 15) is 4.79 Å². The largest absolute Gasteiger partial charge is 0.348 e. The van der Waals surface area contributed by atoms with E-state index in [0.717, 1.165) is 29.9 Å². The number of benzene rings is 1. The van der Waals surface area contributed by atoms with Gasteiger partial charge >= 0.3 is 0 Å². The van der Waals surface area contributed by atoms with Gasteiger partial charge in [0.05, 0.1) is 18.1 Å². The number of pyridine rings is 1. The minimum atomic E-state index is -0.570. The van der Waals surface area contributed by atoms with Crippen molar-refractivity contribution >= 4 is 36.4 Å². The Labute approximate surface area is 205 Å². The summed E-state index contributed by atoms with van der Waals surface area (Å²) >= 11 is 0. The second-order valence-electron chi connectivity index (χ2n) is 8.25. The Morgan fingerprint density at radius 2 is 1.82 bits per heavy atom. The zero-order chi connectivity index (χ0) is 21.3. The highest BCUT2D eigenvalue weighted by Gasteiger charge is 2.41. The van der Waals surface area contributed by atoms with Gasteiger partial charge in [-0.15, -0.1) is 24.8 Å². The molecule has 1 amide bonds. The van der Waals surface area contributed by atoms with Crippen LogP contribution >= 0.6 is 24.8 Å². The molecular weight excluding hydrogens is 459 g/mol. The summed E-state index contributed by atoms with van der Waals surface area (Å²) in [5, 5.41) is 0. The summed E-state index contributed by atoms with van der Waals surface area (Å²) in [7, 11) is 0. The average Bonchev–Trinajstić information content (AvgIpc) is 3.49. The van der Waals surface area contributed by atoms with E-state index in [-0.39, 0.29) is 36.1 Å². The molecule has 4 aromatic rings. The van der Waals surface area contributed by atoms with Gasteiger partial charge in [-0.2, -0.15) is 0 Å². The summed E-state index contributed by atoms with van der Waals surface area (Å²) < 4.78 is 2.07. The van der Waals surface area contributed by atoms with Gasteiger partial charge in [0.2, 0.25) is 5.91 Å². The number of nitrogens with two attached hydrogens (primary N) is 1. The number of imidazole rings is 2. The molecular formula is C24H28Cl2N6O. The third-order valence-corrected chi connectivity index (χ3v) is 6.42. The van der Waals surface area contributed by atoms with Crippen LogP contribution in [0.15, 0.2) is 73.4 Å². The number of nitrogens with one attached hydrogen (secondary N) is 1. The maximum absolute atomic E-state index is 13.0. The fourth-order valence-corrected chi connectivity index (χ4v) is 4.68. The number of hydrogen-bond acceptors (Lipinski definition) is 4. The first kappa shape index (κ1) is 24.8. The first-order valence-corrected chi connectivity index (χ1v) is 10.7. The van der Waals surface area contributed by atoms with Crippen molar-refractivity contribution in [1.29, 1.82) is 0 Å². The molecule has 1 atom stereocenters. The van der Waals surface area contributed by atoms with Crippen LogP contribution in [0.2, 0.25) is 0 Å². The number of fused-ring (bicyclic) bond motifs is 1. The SMILES string of the molecule is Cl.Cl.N[C@@H](Cc1cnc[nH]1)C(=O)N1CCC(c2ccccc2)(c2cn3ccccc3n2)CC1. The number of carbonyl (C=O) groups excluding carboxylic acids is 1. The zero-order valence-electron chi connectivity index (χ0n) is 18.1. The number of halogens is 2. The molecule has 5 rings (SSSR count). The van der Waals surface area contributed by atoms with E-state index < -0.39 is 6.04 Å². The van der Waals surface area contributed by atoms with Crippen molar-refractivity contribution < 1.29 is 4.79 Å². The average molecular weight is 487 g/mol. The molecule has 0 spiro atoms. The molecule has 1 aliphatic heterocycles. The van der Waals surface area contributed by atoms with Gasteiger partial charge in [-0.05, 0) is 30.5 Å². The van der Waals surface area contributed by atoms with Crippen molar-refractivity contribution in [1.82, 2.24) is 24.3 Å². The summed E-state index contributed by atoms with van der Waals surface area (Å²) in [6.45, 7) is 1.30. The Kier molecular flexibility index (Phi) is 7.79. The van der Waals surface area contributed by atoms with E-state index in [1.54, 1.807) is 12.5 Å². The van der Waals surface area contributed by atoms with Crippen LogP contribution in [-0.2, 0) is 16.6 Å². The minimum absolute atomic E-state index is 0. The van der Waals surface area contributed by atoms with Gasteiger partial charge in [0, 0.05) is 49.2 Å². The highest BCUT2D eigenvalue weighted by atomic mass is 35.5. The topological polar surface area (TPSA) is 92.3 Å². The van der Waals surface area contributed by atoms with E-state index in [4.69, 9.17) is 10.7 Å². The lowest BCUT2D eigenvalue weighted by atomic mass is 9.70. The summed E-state index contributed by atoms with van der Waals surface area (Å²) in [5.74, 6) is -0.00809. The van der Waals surface area contributed by atoms with Crippen LogP contribution in [0.25, 0.3) is 5.65 Å². The Balaban J connectivity index is 0.00000153. The van der Waals surface area contributed by atoms with Gasteiger partial charge in [0.15, 0.2) is 0 Å². The maximum atomic E-state index is 13.0. The summed E-state index contributed by atoms with van der Waals surface area (Å²) in [6, 6.07) is 16.0. The second-order valence-corrected chi connectivity index (χ2v) is 8.25. The third-order valence-electron chi connectivity index (χ3n) is 6.42. The van der Waals surface area contributed by atoms with Gasteiger partial charge in [0.25, 0.3) is 0 Å². The van der Waals surface area contributed by atoms with Crippen molar-refractivity contribution in [2.24, 2.45) is 5.73 Å². The molecule has 3 N–H and O–H groups in total. The molecule has 0 radical (unpaired) electrons. The lowest BCUT2D eigenvalue weighted by Crippen LogP contribution is -2.51. The second kappa shape index (κ2) is 10.4. The Bertz CT molecular complexity index is 1140. The molecule has 0 aliphatic carbocycles. The van der Waals surface area contributed by atoms with Crippen molar-refractivity contribution in [3.8, 4) is 0 Å². The van der Waals surface area contributed by atoms with Gasteiger partial charge < -0.3 is 20.0 Å². The van der Waals surface area contributed by atoms with Crippen molar-refractivity contribution in [3.63, 3.8) is 0 Å². The van der Waals surface area contributed by atoms with Crippen LogP contribution in [0.1, 0.15) is 29.8 Å². The van der Waals surface area contributed by atoms with E-state index in [1.807, 2.05) is 35.4 Å². The molecule has 1 aliphatic rings. The standard InChI is InChI=1S/C24H26N6O.2ClH/c25-20(14-19-15-26-17-27-19)23(31)29-12-9-24(10-13-29,18-6-2-1-3-7-18)21-16-30-11-5-4-8-22(30)28-21;;/h1-8,11,15-17,20H,9-10,12-14,25H2,(H,26,27);2*1H/t20-;;/m0../s1. The molecule has 0 unspecified atom stereocenters. The number of nitrogens with zero attached hydrogens (tertiary/aromatic N) is 4. The molecule has 1 aromatic carbocycles. The van der Waals surface area contributed by atoms with Gasteiger partial charge in [-0.3, -0.25) is 4.79 Å². The summed E-state index contributed by atoms with van der Waals surface area (Å²) in [6.07, 6.45) is 9.56. The minimum Gasteiger partial charge on any atom is -0.348 e. The molecule has 1 fully saturated rings. The predicted molar refractivity (Wildman–Crippen MR) is 133 cm³/mol. The molecule has 9 heteroatoms. The molecule has 4 heterocycles. The Morgan fingerprint density at radius 3 is 2.48 bits per heavy atom. The van der Waals surface area contributed by atoms with Crippen LogP contribution < -0.4 is 5.73 Å². The highest BCUT2D eigenvalue weighted by Crippen LogP contribution is 2.41. The quantitative estimate of drug-likeness (QED) is 0.452. The number of H-pyrrole nitrogens is 1. The van der Waals surface area contributed by atoms with E-state index in [2.05, 4.69) is 44.8 Å². The van der Waals surface area contributed by atoms with Gasteiger partial charge in [-0.1, -0.05) is 36.4 Å². The van der Waals surface area contributed by atoms with Crippen LogP contribution in [0.3, 0.4) is 0 Å². The van der Waals surface area contributed by atoms with Crippen molar-refractivity contribution in [3.05, 3.63) is 90.4 Å². The third kappa shape index (κ3) is 4.76. The smallest absolute Gasteiger partial charge is 0.239 e. The fourth-order valence-electron chi connectivity index (χ4n) is 4.68. The number of carbonyl (C=O) groups is 1. The van der Waals surface area contributed by atoms with Crippen molar-refractivity contribution in [2.45, 2.75) is 30.7 Å². The van der Waals surface area contributed by atoms with E-state index >= 15 is 0 Å². The number of rotatable bonds is 5. The molecule has 1 saturated heterocycles. The van der Waals surface area contributed by atoms with Crippen molar-refractivity contribution in [2.75, 3.05) is 13.1 Å². The maximum Gasteiger partial charge on any atom is 0.239 e. The van der Waals surface area contributed by atoms with Gasteiger partial charge in [-0.25, -0.2) is 9.97 Å². The molecule has 174 valence electrons. The van der Waals surface area contributed by atoms with Crippen LogP contribution in [0, 0.1) is 0 Å². The van der Waals surface area contributed by atoms with E-state index in [0.29, 0.717) is 19.5 Å². The predicted octanol–water partition coefficient (Wildman–Crippen LogP) is 3.38. The molecule has 7 nitrogen and oxygen atoms in total. The highest BCUT2D eigenvalue weighted by molar-refractivity contribution is 5.85. The number of hydrogen-bond donors (Lipinski definition) is 2. The van der Waals surface area contributed by atoms with Gasteiger partial charge in [0.1, 0.15) is 5.65 Å². The number of amides is 1. The number of aromatic nitrogens is 4. The number of likely N-dealkylation sites (tertiary alicyclic amines) is 1. The molecule has 0 saturated carbocycles. The Morgan fingerprint density at radius 1 is 1.09 bits per heavy atom. The number of aromatic amines is 1. The first-order valence-electron chi connectivity index (χ1n) is 10.7. The zero-order valence-corrected chi connectivity index (χ0v) is 19.8. The molecule has 0 bridgehead atoms. The Hall–Kier alpha value is -2.87.